The number of para-hydroxylation sites is 1. The van der Waals surface area contributed by atoms with E-state index in [2.05, 4.69) is 16.0 Å². The zero-order valence-electron chi connectivity index (χ0n) is 20.9. The van der Waals surface area contributed by atoms with Crippen molar-refractivity contribution >= 4 is 46.9 Å². The Hall–Kier alpha value is -4.56. The van der Waals surface area contributed by atoms with Crippen molar-refractivity contribution in [1.82, 2.24) is 5.32 Å². The van der Waals surface area contributed by atoms with Crippen molar-refractivity contribution in [2.24, 2.45) is 0 Å². The third-order valence-electron chi connectivity index (χ3n) is 5.56. The lowest BCUT2D eigenvalue weighted by Gasteiger charge is -2.14. The van der Waals surface area contributed by atoms with Gasteiger partial charge in [-0.1, -0.05) is 36.4 Å². The first kappa shape index (κ1) is 26.5. The summed E-state index contributed by atoms with van der Waals surface area (Å²) in [7, 11) is 0. The summed E-state index contributed by atoms with van der Waals surface area (Å²) in [6.07, 6.45) is 2.95. The Balaban J connectivity index is 1.40. The van der Waals surface area contributed by atoms with Crippen LogP contribution in [0.3, 0.4) is 0 Å². The van der Waals surface area contributed by atoms with Crippen LogP contribution in [0.25, 0.3) is 6.08 Å². The quantitative estimate of drug-likeness (QED) is 0.181. The van der Waals surface area contributed by atoms with Crippen molar-refractivity contribution in [3.63, 3.8) is 0 Å². The van der Waals surface area contributed by atoms with E-state index in [-0.39, 0.29) is 16.9 Å². The van der Waals surface area contributed by atoms with E-state index in [1.165, 1.54) is 24.1 Å². The van der Waals surface area contributed by atoms with Crippen LogP contribution in [0.2, 0.25) is 0 Å². The van der Waals surface area contributed by atoms with Gasteiger partial charge in [0, 0.05) is 27.9 Å². The summed E-state index contributed by atoms with van der Waals surface area (Å²) < 4.78 is 5.32. The lowest BCUT2D eigenvalue weighted by molar-refractivity contribution is -0.115. The van der Waals surface area contributed by atoms with Gasteiger partial charge in [-0.25, -0.2) is 0 Å². The topological polar surface area (TPSA) is 100 Å². The molecule has 4 rings (SSSR count). The number of furan rings is 1. The molecule has 0 saturated heterocycles. The van der Waals surface area contributed by atoms with E-state index in [1.807, 2.05) is 56.3 Å². The van der Waals surface area contributed by atoms with E-state index in [4.69, 9.17) is 4.42 Å². The second-order valence-electron chi connectivity index (χ2n) is 8.44. The van der Waals surface area contributed by atoms with E-state index in [0.29, 0.717) is 17.0 Å². The van der Waals surface area contributed by atoms with E-state index in [1.54, 1.807) is 48.5 Å². The highest BCUT2D eigenvalue weighted by molar-refractivity contribution is 8.00. The highest BCUT2D eigenvalue weighted by Crippen LogP contribution is 2.26. The molecule has 1 unspecified atom stereocenters. The average Bonchev–Trinajstić information content (AvgIpc) is 3.44. The van der Waals surface area contributed by atoms with Crippen LogP contribution in [0.5, 0.6) is 0 Å². The van der Waals surface area contributed by atoms with Crippen LogP contribution in [0.4, 0.5) is 11.4 Å². The van der Waals surface area contributed by atoms with E-state index < -0.39 is 11.8 Å². The predicted molar refractivity (Wildman–Crippen MR) is 151 cm³/mol. The highest BCUT2D eigenvalue weighted by Gasteiger charge is 2.17. The number of carbonyl (C=O) groups excluding carboxylic acids is 3. The van der Waals surface area contributed by atoms with Crippen molar-refractivity contribution in [2.45, 2.75) is 24.0 Å². The van der Waals surface area contributed by atoms with Crippen LogP contribution < -0.4 is 16.0 Å². The maximum absolute atomic E-state index is 13.1. The SMILES string of the molecule is Cc1ccccc1NC(=O)C(C)Sc1ccc(NC(=O)/C(=C/c2ccco2)NC(=O)c2ccccc2)cc1. The summed E-state index contributed by atoms with van der Waals surface area (Å²) in [6, 6.07) is 26.8. The molecule has 38 heavy (non-hydrogen) atoms. The number of nitrogens with one attached hydrogen (secondary N) is 3. The van der Waals surface area contributed by atoms with Crippen LogP contribution >= 0.6 is 11.8 Å². The lowest BCUT2D eigenvalue weighted by Crippen LogP contribution is -2.30. The third-order valence-corrected chi connectivity index (χ3v) is 6.67. The Kier molecular flexibility index (Phi) is 8.79. The molecule has 8 heteroatoms. The second-order valence-corrected chi connectivity index (χ2v) is 9.85. The number of aryl methyl sites for hydroxylation is 1. The molecular weight excluding hydrogens is 498 g/mol. The Morgan fingerprint density at radius 1 is 0.842 bits per heavy atom. The van der Waals surface area contributed by atoms with Gasteiger partial charge in [-0.05, 0) is 74.0 Å². The van der Waals surface area contributed by atoms with E-state index in [9.17, 15) is 14.4 Å². The third kappa shape index (κ3) is 7.24. The Morgan fingerprint density at radius 2 is 1.55 bits per heavy atom. The highest BCUT2D eigenvalue weighted by atomic mass is 32.2. The molecule has 0 saturated carbocycles. The zero-order valence-corrected chi connectivity index (χ0v) is 21.8. The molecule has 0 aliphatic rings. The molecule has 0 spiro atoms. The van der Waals surface area contributed by atoms with Crippen molar-refractivity contribution in [1.29, 1.82) is 0 Å². The van der Waals surface area contributed by atoms with Crippen molar-refractivity contribution in [3.8, 4) is 0 Å². The summed E-state index contributed by atoms with van der Waals surface area (Å²) in [4.78, 5) is 39.3. The first-order valence-corrected chi connectivity index (χ1v) is 12.8. The van der Waals surface area contributed by atoms with Gasteiger partial charge in [0.1, 0.15) is 11.5 Å². The largest absolute Gasteiger partial charge is 0.465 e. The molecule has 0 bridgehead atoms. The fourth-order valence-corrected chi connectivity index (χ4v) is 4.35. The average molecular weight is 526 g/mol. The van der Waals surface area contributed by atoms with Crippen LogP contribution in [-0.2, 0) is 9.59 Å². The number of rotatable bonds is 9. The van der Waals surface area contributed by atoms with Gasteiger partial charge in [0.2, 0.25) is 5.91 Å². The Labute approximate surface area is 225 Å². The molecule has 1 heterocycles. The number of hydrogen-bond donors (Lipinski definition) is 3. The van der Waals surface area contributed by atoms with Crippen molar-refractivity contribution < 1.29 is 18.8 Å². The van der Waals surface area contributed by atoms with E-state index in [0.717, 1.165) is 16.1 Å². The first-order chi connectivity index (χ1) is 18.4. The molecule has 0 radical (unpaired) electrons. The van der Waals surface area contributed by atoms with Crippen LogP contribution in [0.1, 0.15) is 28.6 Å². The number of carbonyl (C=O) groups is 3. The molecule has 0 fully saturated rings. The Bertz CT molecular complexity index is 1430. The number of anilines is 2. The van der Waals surface area contributed by atoms with Gasteiger partial charge in [-0.3, -0.25) is 14.4 Å². The molecule has 3 amide bonds. The van der Waals surface area contributed by atoms with Crippen molar-refractivity contribution in [3.05, 3.63) is 120 Å². The van der Waals surface area contributed by atoms with Gasteiger partial charge in [-0.15, -0.1) is 11.8 Å². The molecule has 3 N–H and O–H groups in total. The molecule has 4 aromatic rings. The predicted octanol–water partition coefficient (Wildman–Crippen LogP) is 6.12. The maximum atomic E-state index is 13.1. The molecular formula is C30H27N3O4S. The number of thioether (sulfide) groups is 1. The monoisotopic (exact) mass is 525 g/mol. The normalized spacial score (nSPS) is 11.9. The Morgan fingerprint density at radius 3 is 2.24 bits per heavy atom. The van der Waals surface area contributed by atoms with Crippen LogP contribution in [0, 0.1) is 6.92 Å². The van der Waals surface area contributed by atoms with Gasteiger partial charge in [0.15, 0.2) is 0 Å². The molecule has 192 valence electrons. The molecule has 0 aliphatic carbocycles. The number of amides is 3. The summed E-state index contributed by atoms with van der Waals surface area (Å²) in [6.45, 7) is 3.79. The first-order valence-electron chi connectivity index (χ1n) is 12.0. The van der Waals surface area contributed by atoms with Gasteiger partial charge in [0.05, 0.1) is 11.5 Å². The van der Waals surface area contributed by atoms with Gasteiger partial charge in [0.25, 0.3) is 11.8 Å². The van der Waals surface area contributed by atoms with Gasteiger partial charge < -0.3 is 20.4 Å². The summed E-state index contributed by atoms with van der Waals surface area (Å²) in [5, 5.41) is 8.10. The minimum absolute atomic E-state index is 0.0359. The maximum Gasteiger partial charge on any atom is 0.272 e. The summed E-state index contributed by atoms with van der Waals surface area (Å²) >= 11 is 1.41. The lowest BCUT2D eigenvalue weighted by atomic mass is 10.2. The van der Waals surface area contributed by atoms with Crippen molar-refractivity contribution in [2.75, 3.05) is 10.6 Å². The number of hydrogen-bond acceptors (Lipinski definition) is 5. The molecule has 0 aliphatic heterocycles. The van der Waals surface area contributed by atoms with Gasteiger partial charge >= 0.3 is 0 Å². The van der Waals surface area contributed by atoms with Crippen LogP contribution in [-0.4, -0.2) is 23.0 Å². The minimum Gasteiger partial charge on any atom is -0.465 e. The zero-order chi connectivity index (χ0) is 26.9. The van der Waals surface area contributed by atoms with Gasteiger partial charge in [-0.2, -0.15) is 0 Å². The summed E-state index contributed by atoms with van der Waals surface area (Å²) in [5.41, 5.74) is 2.79. The molecule has 7 nitrogen and oxygen atoms in total. The minimum atomic E-state index is -0.503. The standard InChI is InChI=1S/C30H27N3O4S/c1-20-9-6-7-13-26(20)32-28(34)21(2)38-25-16-14-23(15-17-25)31-30(36)27(19-24-12-8-18-37-24)33-29(35)22-10-4-3-5-11-22/h3-19,21H,1-2H3,(H,31,36)(H,32,34)(H,33,35)/b27-19-. The molecule has 1 atom stereocenters. The smallest absolute Gasteiger partial charge is 0.272 e. The fourth-order valence-electron chi connectivity index (χ4n) is 3.48. The molecule has 1 aromatic heterocycles. The molecule has 3 aromatic carbocycles. The summed E-state index contributed by atoms with van der Waals surface area (Å²) in [5.74, 6) is -0.586. The second kappa shape index (κ2) is 12.6. The van der Waals surface area contributed by atoms with E-state index >= 15 is 0 Å². The number of benzene rings is 3. The van der Waals surface area contributed by atoms with Crippen LogP contribution in [0.15, 0.2) is 112 Å². The fraction of sp³-hybridized carbons (Fsp3) is 0.100.